The molecule has 0 aliphatic rings. The van der Waals surface area contributed by atoms with Crippen molar-refractivity contribution in [2.75, 3.05) is 33.3 Å². The second-order valence-electron chi connectivity index (χ2n) is 6.49. The van der Waals surface area contributed by atoms with Gasteiger partial charge in [-0.05, 0) is 45.8 Å². The zero-order valence-electron chi connectivity index (χ0n) is 13.5. The number of ether oxygens (including phenoxy) is 1. The van der Waals surface area contributed by atoms with Crippen LogP contribution in [-0.4, -0.2) is 50.3 Å². The lowest BCUT2D eigenvalue weighted by molar-refractivity contribution is 0.0624. The summed E-state index contributed by atoms with van der Waals surface area (Å²) in [5.41, 5.74) is 0.325. The van der Waals surface area contributed by atoms with Crippen LogP contribution in [0.15, 0.2) is 0 Å². The lowest BCUT2D eigenvalue weighted by Crippen LogP contribution is -2.42. The average Bonchev–Trinajstić information content (AvgIpc) is 2.21. The van der Waals surface area contributed by atoms with Crippen molar-refractivity contribution in [1.29, 1.82) is 0 Å². The molecule has 0 amide bonds. The fraction of sp³-hybridized carbons (Fsp3) is 1.00. The van der Waals surface area contributed by atoms with Crippen molar-refractivity contribution in [2.45, 2.75) is 60.1 Å². The van der Waals surface area contributed by atoms with Gasteiger partial charge < -0.3 is 15.0 Å². The molecule has 0 saturated heterocycles. The molecule has 0 aromatic heterocycles. The van der Waals surface area contributed by atoms with Gasteiger partial charge in [0.15, 0.2) is 0 Å². The summed E-state index contributed by atoms with van der Waals surface area (Å²) < 4.78 is 5.58. The van der Waals surface area contributed by atoms with Crippen molar-refractivity contribution in [1.82, 2.24) is 10.2 Å². The third-order valence-electron chi connectivity index (χ3n) is 3.22. The Labute approximate surface area is 114 Å². The van der Waals surface area contributed by atoms with Crippen LogP contribution in [0.2, 0.25) is 0 Å². The molecule has 0 heterocycles. The smallest absolute Gasteiger partial charge is 0.0596 e. The molecule has 1 unspecified atom stereocenters. The molecule has 0 spiro atoms. The van der Waals surface area contributed by atoms with Gasteiger partial charge in [0.2, 0.25) is 0 Å². The predicted octanol–water partition coefficient (Wildman–Crippen LogP) is 2.76. The summed E-state index contributed by atoms with van der Waals surface area (Å²) in [6, 6.07) is 0.580. The van der Waals surface area contributed by atoms with Gasteiger partial charge in [-0.25, -0.2) is 0 Å². The fourth-order valence-electron chi connectivity index (χ4n) is 1.99. The van der Waals surface area contributed by atoms with Crippen molar-refractivity contribution in [3.8, 4) is 0 Å². The minimum atomic E-state index is 0.325. The Balaban J connectivity index is 3.89. The molecule has 110 valence electrons. The van der Waals surface area contributed by atoms with Crippen LogP contribution in [0.5, 0.6) is 0 Å². The third-order valence-corrected chi connectivity index (χ3v) is 3.22. The molecule has 0 radical (unpaired) electrons. The first kappa shape index (κ1) is 17.9. The van der Waals surface area contributed by atoms with Crippen molar-refractivity contribution >= 4 is 0 Å². The van der Waals surface area contributed by atoms with Crippen LogP contribution in [0.1, 0.15) is 48.0 Å². The van der Waals surface area contributed by atoms with E-state index in [1.165, 1.54) is 6.42 Å². The van der Waals surface area contributed by atoms with E-state index in [0.717, 1.165) is 26.2 Å². The molecule has 0 rings (SSSR count). The Kier molecular flexibility index (Phi) is 8.83. The summed E-state index contributed by atoms with van der Waals surface area (Å²) in [6.07, 6.45) is 1.53. The quantitative estimate of drug-likeness (QED) is 0.688. The highest BCUT2D eigenvalue weighted by molar-refractivity contribution is 4.80. The molecular formula is C15H34N2O. The van der Waals surface area contributed by atoms with Gasteiger partial charge in [-0.3, -0.25) is 0 Å². The second kappa shape index (κ2) is 8.89. The first-order valence-corrected chi connectivity index (χ1v) is 7.31. The van der Waals surface area contributed by atoms with E-state index in [1.54, 1.807) is 0 Å². The van der Waals surface area contributed by atoms with Gasteiger partial charge in [0.1, 0.15) is 0 Å². The molecular weight excluding hydrogens is 224 g/mol. The van der Waals surface area contributed by atoms with Crippen LogP contribution in [0.3, 0.4) is 0 Å². The third kappa shape index (κ3) is 8.90. The predicted molar refractivity (Wildman–Crippen MR) is 80.1 cm³/mol. The van der Waals surface area contributed by atoms with E-state index in [1.807, 2.05) is 0 Å². The van der Waals surface area contributed by atoms with Crippen molar-refractivity contribution < 1.29 is 4.74 Å². The van der Waals surface area contributed by atoms with E-state index < -0.39 is 0 Å². The minimum Gasteiger partial charge on any atom is -0.377 e. The van der Waals surface area contributed by atoms with Crippen LogP contribution in [0, 0.1) is 5.41 Å². The molecule has 0 saturated carbocycles. The maximum atomic E-state index is 5.58. The summed E-state index contributed by atoms with van der Waals surface area (Å²) >= 11 is 0. The average molecular weight is 258 g/mol. The highest BCUT2D eigenvalue weighted by atomic mass is 16.5. The number of nitrogens with one attached hydrogen (secondary N) is 1. The summed E-state index contributed by atoms with van der Waals surface area (Å²) in [5.74, 6) is 0. The highest BCUT2D eigenvalue weighted by Gasteiger charge is 2.23. The normalized spacial score (nSPS) is 14.5. The first-order chi connectivity index (χ1) is 8.27. The van der Waals surface area contributed by atoms with E-state index in [2.05, 4.69) is 58.8 Å². The van der Waals surface area contributed by atoms with Gasteiger partial charge in [-0.1, -0.05) is 27.7 Å². The molecule has 1 N–H and O–H groups in total. The number of hydrogen-bond acceptors (Lipinski definition) is 3. The van der Waals surface area contributed by atoms with Crippen LogP contribution in [0.25, 0.3) is 0 Å². The molecule has 18 heavy (non-hydrogen) atoms. The number of nitrogens with zero attached hydrogens (tertiary/aromatic N) is 1. The molecule has 3 heteroatoms. The van der Waals surface area contributed by atoms with Gasteiger partial charge >= 0.3 is 0 Å². The first-order valence-electron chi connectivity index (χ1n) is 7.31. The molecule has 0 fully saturated rings. The lowest BCUT2D eigenvalue weighted by Gasteiger charge is -2.32. The van der Waals surface area contributed by atoms with Gasteiger partial charge in [0.05, 0.1) is 12.7 Å². The molecule has 1 atom stereocenters. The summed E-state index contributed by atoms with van der Waals surface area (Å²) in [4.78, 5) is 2.36. The fourth-order valence-corrected chi connectivity index (χ4v) is 1.99. The largest absolute Gasteiger partial charge is 0.377 e. The van der Waals surface area contributed by atoms with E-state index in [4.69, 9.17) is 4.74 Å². The molecule has 0 bridgehead atoms. The Morgan fingerprint density at radius 3 is 2.22 bits per heavy atom. The van der Waals surface area contributed by atoms with Crippen LogP contribution in [-0.2, 0) is 4.74 Å². The topological polar surface area (TPSA) is 24.5 Å². The molecule has 0 aliphatic heterocycles. The number of rotatable bonds is 9. The van der Waals surface area contributed by atoms with Gasteiger partial charge in [-0.15, -0.1) is 0 Å². The molecule has 3 nitrogen and oxygen atoms in total. The van der Waals surface area contributed by atoms with E-state index >= 15 is 0 Å². The Morgan fingerprint density at radius 2 is 1.78 bits per heavy atom. The van der Waals surface area contributed by atoms with Crippen LogP contribution >= 0.6 is 0 Å². The van der Waals surface area contributed by atoms with E-state index in [9.17, 15) is 0 Å². The molecule has 0 aromatic rings. The van der Waals surface area contributed by atoms with Crippen molar-refractivity contribution in [3.05, 3.63) is 0 Å². The lowest BCUT2D eigenvalue weighted by atomic mass is 9.84. The Hall–Kier alpha value is -0.120. The zero-order chi connectivity index (χ0) is 14.2. The summed E-state index contributed by atoms with van der Waals surface area (Å²) in [6.45, 7) is 17.3. The molecule has 0 aliphatic carbocycles. The van der Waals surface area contributed by atoms with Gasteiger partial charge in [0.25, 0.3) is 0 Å². The summed E-state index contributed by atoms with van der Waals surface area (Å²) in [5, 5.41) is 3.59. The number of hydrogen-bond donors (Lipinski definition) is 1. The van der Waals surface area contributed by atoms with Crippen molar-refractivity contribution in [2.24, 2.45) is 5.41 Å². The standard InChI is InChI=1S/C15H34N2O/c1-8-16-14(15(4,5)6)9-10-17(7)11-12-18-13(2)3/h13-14,16H,8-12H2,1-7H3. The number of likely N-dealkylation sites (N-methyl/N-ethyl adjacent to an activating group) is 1. The monoisotopic (exact) mass is 258 g/mol. The maximum Gasteiger partial charge on any atom is 0.0596 e. The second-order valence-corrected chi connectivity index (χ2v) is 6.49. The summed E-state index contributed by atoms with van der Waals surface area (Å²) in [7, 11) is 2.18. The molecule has 0 aromatic carbocycles. The zero-order valence-corrected chi connectivity index (χ0v) is 13.5. The van der Waals surface area contributed by atoms with E-state index in [-0.39, 0.29) is 0 Å². The maximum absolute atomic E-state index is 5.58. The van der Waals surface area contributed by atoms with Gasteiger partial charge in [0, 0.05) is 12.6 Å². The minimum absolute atomic E-state index is 0.325. The Morgan fingerprint density at radius 1 is 1.17 bits per heavy atom. The highest BCUT2D eigenvalue weighted by Crippen LogP contribution is 2.21. The van der Waals surface area contributed by atoms with Gasteiger partial charge in [-0.2, -0.15) is 0 Å². The van der Waals surface area contributed by atoms with E-state index in [0.29, 0.717) is 17.6 Å². The van der Waals surface area contributed by atoms with Crippen LogP contribution < -0.4 is 5.32 Å². The van der Waals surface area contributed by atoms with Crippen molar-refractivity contribution in [3.63, 3.8) is 0 Å². The SMILES string of the molecule is CCNC(CCN(C)CCOC(C)C)C(C)(C)C. The Bertz CT molecular complexity index is 199. The van der Waals surface area contributed by atoms with Crippen LogP contribution in [0.4, 0.5) is 0 Å².